The molecule has 1 aliphatic carbocycles. The van der Waals surface area contributed by atoms with Gasteiger partial charge >= 0.3 is 12.1 Å². The fourth-order valence-corrected chi connectivity index (χ4v) is 5.67. The third-order valence-electron chi connectivity index (χ3n) is 5.87. The molecule has 1 aliphatic rings. The number of carbonyl (C=O) groups is 2. The number of nitrogens with zero attached hydrogens (tertiary/aromatic N) is 2. The number of rotatable bonds is 8. The molecule has 3 N–H and O–H groups in total. The van der Waals surface area contributed by atoms with Crippen LogP contribution in [-0.4, -0.2) is 65.3 Å². The number of hydrogen-bond acceptors (Lipinski definition) is 7. The van der Waals surface area contributed by atoms with E-state index in [1.165, 1.54) is 16.4 Å². The van der Waals surface area contributed by atoms with Gasteiger partial charge in [-0.15, -0.1) is 0 Å². The van der Waals surface area contributed by atoms with Crippen LogP contribution in [0.5, 0.6) is 0 Å². The second-order valence-corrected chi connectivity index (χ2v) is 10.1. The lowest BCUT2D eigenvalue weighted by molar-refractivity contribution is -0.192. The molecule has 1 unspecified atom stereocenters. The van der Waals surface area contributed by atoms with Crippen molar-refractivity contribution in [1.82, 2.24) is 14.8 Å². The van der Waals surface area contributed by atoms with Crippen molar-refractivity contribution in [3.05, 3.63) is 60.4 Å². The predicted molar refractivity (Wildman–Crippen MR) is 124 cm³/mol. The molecule has 1 aromatic heterocycles. The Hall–Kier alpha value is -3.07. The van der Waals surface area contributed by atoms with Crippen LogP contribution in [0.2, 0.25) is 0 Å². The van der Waals surface area contributed by atoms with Crippen molar-refractivity contribution in [2.24, 2.45) is 5.92 Å². The summed E-state index contributed by atoms with van der Waals surface area (Å²) in [6, 6.07) is 10.4. The SMILES string of the molecule is CO[C@H]1CC[C@H](C(C(=O)NO)N(Cc2ccncc2)S(=O)(=O)c2ccccc2)CC1.O=C(O)C(F)(F)F. The first kappa shape index (κ1) is 30.2. The summed E-state index contributed by atoms with van der Waals surface area (Å²) in [5.74, 6) is -3.74. The lowest BCUT2D eigenvalue weighted by atomic mass is 9.82. The Kier molecular flexibility index (Phi) is 11.0. The minimum atomic E-state index is -5.08. The maximum absolute atomic E-state index is 13.6. The quantitative estimate of drug-likeness (QED) is 0.338. The second kappa shape index (κ2) is 13.5. The number of carbonyl (C=O) groups excluding carboxylic acids is 1. The van der Waals surface area contributed by atoms with E-state index >= 15 is 0 Å². The Balaban J connectivity index is 0.000000604. The minimum absolute atomic E-state index is 0.0119. The zero-order chi connectivity index (χ0) is 27.6. The predicted octanol–water partition coefficient (Wildman–Crippen LogP) is 2.98. The van der Waals surface area contributed by atoms with Gasteiger partial charge in [0.05, 0.1) is 11.0 Å². The highest BCUT2D eigenvalue weighted by atomic mass is 32.2. The van der Waals surface area contributed by atoms with E-state index in [-0.39, 0.29) is 23.5 Å². The largest absolute Gasteiger partial charge is 0.490 e. The molecule has 0 radical (unpaired) electrons. The number of alkyl halides is 3. The lowest BCUT2D eigenvalue weighted by Gasteiger charge is -2.38. The summed E-state index contributed by atoms with van der Waals surface area (Å²) < 4.78 is 65.5. The van der Waals surface area contributed by atoms with Crippen LogP contribution in [0.3, 0.4) is 0 Å². The number of pyridine rings is 1. The molecule has 1 atom stereocenters. The van der Waals surface area contributed by atoms with E-state index < -0.39 is 34.1 Å². The summed E-state index contributed by atoms with van der Waals surface area (Å²) in [5.41, 5.74) is 2.39. The fourth-order valence-electron chi connectivity index (χ4n) is 4.02. The van der Waals surface area contributed by atoms with Gasteiger partial charge in [0.25, 0.3) is 5.91 Å². The van der Waals surface area contributed by atoms with Crippen LogP contribution < -0.4 is 5.48 Å². The number of halogens is 3. The number of ether oxygens (including phenoxy) is 1. The number of carboxylic acids is 1. The van der Waals surface area contributed by atoms with Crippen LogP contribution >= 0.6 is 0 Å². The van der Waals surface area contributed by atoms with Crippen molar-refractivity contribution in [3.63, 3.8) is 0 Å². The Morgan fingerprint density at radius 2 is 1.65 bits per heavy atom. The number of sulfonamides is 1. The van der Waals surface area contributed by atoms with Crippen LogP contribution in [0.25, 0.3) is 0 Å². The number of aromatic nitrogens is 1. The van der Waals surface area contributed by atoms with Gasteiger partial charge in [-0.05, 0) is 61.4 Å². The van der Waals surface area contributed by atoms with Gasteiger partial charge < -0.3 is 9.84 Å². The molecule has 1 saturated carbocycles. The molecule has 0 bridgehead atoms. The van der Waals surface area contributed by atoms with Crippen LogP contribution in [0.4, 0.5) is 13.2 Å². The lowest BCUT2D eigenvalue weighted by Crippen LogP contribution is -2.53. The molecule has 14 heteroatoms. The van der Waals surface area contributed by atoms with Gasteiger partial charge in [-0.3, -0.25) is 15.0 Å². The summed E-state index contributed by atoms with van der Waals surface area (Å²) in [6.07, 6.45) is 0.858. The topological polar surface area (TPSA) is 146 Å². The van der Waals surface area contributed by atoms with Crippen LogP contribution in [0.1, 0.15) is 31.2 Å². The Morgan fingerprint density at radius 3 is 2.11 bits per heavy atom. The molecule has 1 heterocycles. The first-order chi connectivity index (χ1) is 17.4. The van der Waals surface area contributed by atoms with Gasteiger partial charge in [0.15, 0.2) is 0 Å². The molecule has 37 heavy (non-hydrogen) atoms. The van der Waals surface area contributed by atoms with Gasteiger partial charge in [0.2, 0.25) is 10.0 Å². The summed E-state index contributed by atoms with van der Waals surface area (Å²) in [6.45, 7) is -0.0119. The van der Waals surface area contributed by atoms with E-state index in [4.69, 9.17) is 14.6 Å². The summed E-state index contributed by atoms with van der Waals surface area (Å²) >= 11 is 0. The van der Waals surface area contributed by atoms with Crippen LogP contribution in [0, 0.1) is 5.92 Å². The number of methoxy groups -OCH3 is 1. The third-order valence-corrected chi connectivity index (χ3v) is 7.71. The second-order valence-electron chi connectivity index (χ2n) is 8.22. The van der Waals surface area contributed by atoms with E-state index in [1.54, 1.807) is 55.3 Å². The van der Waals surface area contributed by atoms with E-state index in [0.29, 0.717) is 18.4 Å². The van der Waals surface area contributed by atoms with Crippen molar-refractivity contribution in [3.8, 4) is 0 Å². The standard InChI is InChI=1S/C21H27N3O5S.C2HF3O2/c1-29-18-9-7-17(8-10-18)20(21(25)23-26)24(15-16-11-13-22-14-12-16)30(27,28)19-5-3-2-4-6-19;3-2(4,5)1(6)7/h2-6,11-14,17-18,20,26H,7-10,15H2,1H3,(H,23,25);(H,6,7)/t17-,18-,20?;. The summed E-state index contributed by atoms with van der Waals surface area (Å²) in [4.78, 5) is 25.7. The summed E-state index contributed by atoms with van der Waals surface area (Å²) in [7, 11) is -2.36. The van der Waals surface area contributed by atoms with Gasteiger partial charge in [-0.2, -0.15) is 17.5 Å². The molecule has 10 nitrogen and oxygen atoms in total. The molecule has 1 amide bonds. The highest BCUT2D eigenvalue weighted by Crippen LogP contribution is 2.34. The molecular formula is C23H28F3N3O7S. The number of nitrogens with one attached hydrogen (secondary N) is 1. The smallest absolute Gasteiger partial charge is 0.475 e. The Labute approximate surface area is 212 Å². The fraction of sp³-hybridized carbons (Fsp3) is 0.435. The molecule has 2 aromatic rings. The first-order valence-corrected chi connectivity index (χ1v) is 12.6. The van der Waals surface area contributed by atoms with Gasteiger partial charge in [-0.25, -0.2) is 18.7 Å². The van der Waals surface area contributed by atoms with Gasteiger partial charge in [-0.1, -0.05) is 18.2 Å². The zero-order valence-corrected chi connectivity index (χ0v) is 20.7. The van der Waals surface area contributed by atoms with Gasteiger partial charge in [0, 0.05) is 26.0 Å². The van der Waals surface area contributed by atoms with Crippen LogP contribution in [0.15, 0.2) is 59.8 Å². The normalized spacial score (nSPS) is 18.9. The molecule has 204 valence electrons. The number of amides is 1. The Bertz CT molecular complexity index is 1110. The Morgan fingerprint density at radius 1 is 1.11 bits per heavy atom. The maximum atomic E-state index is 13.6. The molecule has 1 fully saturated rings. The maximum Gasteiger partial charge on any atom is 0.490 e. The van der Waals surface area contributed by atoms with Crippen molar-refractivity contribution in [2.75, 3.05) is 7.11 Å². The van der Waals surface area contributed by atoms with Crippen molar-refractivity contribution < 1.29 is 46.2 Å². The zero-order valence-electron chi connectivity index (χ0n) is 19.8. The number of benzene rings is 1. The monoisotopic (exact) mass is 547 g/mol. The average Bonchev–Trinajstić information content (AvgIpc) is 2.89. The molecular weight excluding hydrogens is 519 g/mol. The number of carboxylic acid groups (broad SMARTS) is 1. The van der Waals surface area contributed by atoms with E-state index in [1.807, 2.05) is 0 Å². The third kappa shape index (κ3) is 8.49. The number of hydrogen-bond donors (Lipinski definition) is 3. The summed E-state index contributed by atoms with van der Waals surface area (Å²) in [5, 5.41) is 16.6. The number of hydroxylamine groups is 1. The molecule has 3 rings (SSSR count). The minimum Gasteiger partial charge on any atom is -0.475 e. The highest BCUT2D eigenvalue weighted by Gasteiger charge is 2.42. The van der Waals surface area contributed by atoms with E-state index in [0.717, 1.165) is 12.8 Å². The van der Waals surface area contributed by atoms with Crippen molar-refractivity contribution >= 4 is 21.9 Å². The number of aliphatic carboxylic acids is 1. The molecule has 1 aromatic carbocycles. The van der Waals surface area contributed by atoms with E-state index in [2.05, 4.69) is 4.98 Å². The molecule has 0 saturated heterocycles. The van der Waals surface area contributed by atoms with Crippen molar-refractivity contribution in [1.29, 1.82) is 0 Å². The average molecular weight is 548 g/mol. The first-order valence-electron chi connectivity index (χ1n) is 11.1. The highest BCUT2D eigenvalue weighted by molar-refractivity contribution is 7.89. The van der Waals surface area contributed by atoms with Crippen molar-refractivity contribution in [2.45, 2.75) is 55.4 Å². The molecule has 0 aliphatic heterocycles. The van der Waals surface area contributed by atoms with Crippen LogP contribution in [-0.2, 0) is 30.9 Å². The molecule has 0 spiro atoms. The van der Waals surface area contributed by atoms with E-state index in [9.17, 15) is 31.6 Å². The van der Waals surface area contributed by atoms with Gasteiger partial charge in [0.1, 0.15) is 6.04 Å².